The van der Waals surface area contributed by atoms with Crippen molar-refractivity contribution in [2.45, 2.75) is 13.3 Å². The highest BCUT2D eigenvalue weighted by atomic mass is 127. The largest absolute Gasteiger partial charge is 0.369 e. The molecule has 7 heteroatoms. The molecule has 1 heterocycles. The van der Waals surface area contributed by atoms with Crippen molar-refractivity contribution in [3.63, 3.8) is 0 Å². The van der Waals surface area contributed by atoms with Gasteiger partial charge in [-0.25, -0.2) is 0 Å². The number of rotatable bonds is 5. The summed E-state index contributed by atoms with van der Waals surface area (Å²) in [5.41, 5.74) is 0.795. The Morgan fingerprint density at radius 1 is 1.29 bits per heavy atom. The van der Waals surface area contributed by atoms with Crippen molar-refractivity contribution in [2.24, 2.45) is 0 Å². The van der Waals surface area contributed by atoms with Crippen LogP contribution >= 0.6 is 34.2 Å². The molecule has 21 heavy (non-hydrogen) atoms. The molecule has 2 N–H and O–H groups in total. The number of benzene rings is 1. The van der Waals surface area contributed by atoms with Gasteiger partial charge in [-0.05, 0) is 59.3 Å². The summed E-state index contributed by atoms with van der Waals surface area (Å²) in [5.74, 6) is 0.313. The Labute approximate surface area is 141 Å². The molecule has 0 aliphatic heterocycles. The van der Waals surface area contributed by atoms with Crippen LogP contribution in [0.15, 0.2) is 30.3 Å². The highest BCUT2D eigenvalue weighted by molar-refractivity contribution is 14.1. The van der Waals surface area contributed by atoms with Crippen molar-refractivity contribution >= 4 is 51.6 Å². The highest BCUT2D eigenvalue weighted by Gasteiger charge is 2.10. The number of nitrogens with zero attached hydrogens (tertiary/aromatic N) is 2. The van der Waals surface area contributed by atoms with Crippen molar-refractivity contribution in [3.8, 4) is 0 Å². The average molecular weight is 417 g/mol. The van der Waals surface area contributed by atoms with Crippen LogP contribution < -0.4 is 10.6 Å². The van der Waals surface area contributed by atoms with Gasteiger partial charge in [0.1, 0.15) is 5.82 Å². The number of anilines is 2. The third kappa shape index (κ3) is 4.53. The fraction of sp³-hybridized carbons (Fsp3) is 0.214. The highest BCUT2D eigenvalue weighted by Crippen LogP contribution is 2.24. The SMILES string of the molecule is CCCNc1ccc(C(=O)Nc2ccc(I)cc2Cl)nn1. The topological polar surface area (TPSA) is 66.9 Å². The minimum Gasteiger partial charge on any atom is -0.369 e. The zero-order valence-corrected chi connectivity index (χ0v) is 14.3. The molecule has 110 valence electrons. The first-order valence-corrected chi connectivity index (χ1v) is 7.90. The number of carbonyl (C=O) groups is 1. The predicted molar refractivity (Wildman–Crippen MR) is 92.9 cm³/mol. The van der Waals surface area contributed by atoms with Gasteiger partial charge in [0.2, 0.25) is 0 Å². The number of amides is 1. The van der Waals surface area contributed by atoms with E-state index in [1.54, 1.807) is 24.3 Å². The van der Waals surface area contributed by atoms with E-state index in [0.717, 1.165) is 16.5 Å². The van der Waals surface area contributed by atoms with Crippen molar-refractivity contribution in [2.75, 3.05) is 17.2 Å². The molecule has 5 nitrogen and oxygen atoms in total. The predicted octanol–water partition coefficient (Wildman–Crippen LogP) is 3.81. The van der Waals surface area contributed by atoms with Crippen LogP contribution in [-0.4, -0.2) is 22.6 Å². The van der Waals surface area contributed by atoms with Gasteiger partial charge in [0.25, 0.3) is 5.91 Å². The summed E-state index contributed by atoms with van der Waals surface area (Å²) in [6, 6.07) is 8.76. The first-order valence-electron chi connectivity index (χ1n) is 6.44. The van der Waals surface area contributed by atoms with Crippen molar-refractivity contribution < 1.29 is 4.79 Å². The summed E-state index contributed by atoms with van der Waals surface area (Å²) in [5, 5.41) is 14.2. The first-order chi connectivity index (χ1) is 10.1. The monoisotopic (exact) mass is 416 g/mol. The second kappa shape index (κ2) is 7.56. The van der Waals surface area contributed by atoms with E-state index in [2.05, 4.69) is 50.3 Å². The zero-order valence-electron chi connectivity index (χ0n) is 11.4. The Hall–Kier alpha value is -1.41. The maximum absolute atomic E-state index is 12.1. The van der Waals surface area contributed by atoms with Gasteiger partial charge in [-0.15, -0.1) is 10.2 Å². The molecule has 0 radical (unpaired) electrons. The van der Waals surface area contributed by atoms with E-state index < -0.39 is 0 Å². The normalized spacial score (nSPS) is 10.2. The van der Waals surface area contributed by atoms with Gasteiger partial charge in [0, 0.05) is 10.1 Å². The smallest absolute Gasteiger partial charge is 0.276 e. The molecule has 2 aromatic rings. The van der Waals surface area contributed by atoms with Crippen LogP contribution in [0, 0.1) is 3.57 Å². The lowest BCUT2D eigenvalue weighted by Crippen LogP contribution is -2.15. The summed E-state index contributed by atoms with van der Waals surface area (Å²) in [4.78, 5) is 12.1. The molecule has 0 atom stereocenters. The molecule has 0 saturated carbocycles. The lowest BCUT2D eigenvalue weighted by atomic mass is 10.3. The van der Waals surface area contributed by atoms with Crippen LogP contribution in [-0.2, 0) is 0 Å². The maximum atomic E-state index is 12.1. The van der Waals surface area contributed by atoms with Crippen molar-refractivity contribution in [1.29, 1.82) is 0 Å². The van der Waals surface area contributed by atoms with Gasteiger partial charge in [-0.2, -0.15) is 0 Å². The van der Waals surface area contributed by atoms with Crippen LogP contribution in [0.1, 0.15) is 23.8 Å². The van der Waals surface area contributed by atoms with Gasteiger partial charge >= 0.3 is 0 Å². The molecule has 0 aliphatic rings. The molecule has 0 spiro atoms. The number of nitrogens with one attached hydrogen (secondary N) is 2. The van der Waals surface area contributed by atoms with Gasteiger partial charge < -0.3 is 10.6 Å². The molecule has 1 amide bonds. The molecule has 1 aromatic carbocycles. The summed E-state index contributed by atoms with van der Waals surface area (Å²) >= 11 is 8.23. The van der Waals surface area contributed by atoms with Gasteiger partial charge in [-0.1, -0.05) is 18.5 Å². The summed E-state index contributed by atoms with van der Waals surface area (Å²) in [6.45, 7) is 2.88. The molecular formula is C14H14ClIN4O. The third-order valence-corrected chi connectivity index (χ3v) is 3.62. The van der Waals surface area contributed by atoms with E-state index in [-0.39, 0.29) is 11.6 Å². The number of hydrogen-bond donors (Lipinski definition) is 2. The summed E-state index contributed by atoms with van der Waals surface area (Å²) < 4.78 is 1.00. The molecule has 0 unspecified atom stereocenters. The number of hydrogen-bond acceptors (Lipinski definition) is 4. The Kier molecular flexibility index (Phi) is 5.75. The average Bonchev–Trinajstić information content (AvgIpc) is 2.48. The Bertz CT molecular complexity index is 633. The Morgan fingerprint density at radius 3 is 2.71 bits per heavy atom. The van der Waals surface area contributed by atoms with E-state index >= 15 is 0 Å². The maximum Gasteiger partial charge on any atom is 0.276 e. The Morgan fingerprint density at radius 2 is 2.10 bits per heavy atom. The lowest BCUT2D eigenvalue weighted by molar-refractivity contribution is 0.102. The second-order valence-electron chi connectivity index (χ2n) is 4.31. The Balaban J connectivity index is 2.06. The standard InChI is InChI=1S/C14H14ClIN4O/c1-2-7-17-13-6-5-12(19-20-13)14(21)18-11-4-3-9(16)8-10(11)15/h3-6,8H,2,7H2,1H3,(H,17,20)(H,18,21). The van der Waals surface area contributed by atoms with Crippen LogP contribution in [0.5, 0.6) is 0 Å². The molecular weight excluding hydrogens is 403 g/mol. The molecule has 0 saturated heterocycles. The third-order valence-electron chi connectivity index (χ3n) is 2.63. The van der Waals surface area contributed by atoms with E-state index in [4.69, 9.17) is 11.6 Å². The number of aromatic nitrogens is 2. The van der Waals surface area contributed by atoms with E-state index in [9.17, 15) is 4.79 Å². The first kappa shape index (κ1) is 16.0. The minimum absolute atomic E-state index is 0.242. The van der Waals surface area contributed by atoms with Crippen LogP contribution in [0.3, 0.4) is 0 Å². The molecule has 1 aromatic heterocycles. The van der Waals surface area contributed by atoms with Crippen molar-refractivity contribution in [3.05, 3.63) is 44.6 Å². The zero-order chi connectivity index (χ0) is 15.2. The van der Waals surface area contributed by atoms with Crippen LogP contribution in [0.4, 0.5) is 11.5 Å². The molecule has 0 bridgehead atoms. The fourth-order valence-corrected chi connectivity index (χ4v) is 2.48. The van der Waals surface area contributed by atoms with Crippen LogP contribution in [0.25, 0.3) is 0 Å². The summed E-state index contributed by atoms with van der Waals surface area (Å²) in [6.07, 6.45) is 0.995. The quantitative estimate of drug-likeness (QED) is 0.728. The molecule has 0 fully saturated rings. The van der Waals surface area contributed by atoms with E-state index in [1.165, 1.54) is 0 Å². The van der Waals surface area contributed by atoms with Gasteiger partial charge in [0.05, 0.1) is 10.7 Å². The number of halogens is 2. The molecule has 0 aliphatic carbocycles. The van der Waals surface area contributed by atoms with E-state index in [0.29, 0.717) is 16.5 Å². The number of carbonyl (C=O) groups excluding carboxylic acids is 1. The second-order valence-corrected chi connectivity index (χ2v) is 5.96. The van der Waals surface area contributed by atoms with Crippen molar-refractivity contribution in [1.82, 2.24) is 10.2 Å². The van der Waals surface area contributed by atoms with Gasteiger partial charge in [-0.3, -0.25) is 4.79 Å². The van der Waals surface area contributed by atoms with Gasteiger partial charge in [0.15, 0.2) is 5.69 Å². The lowest BCUT2D eigenvalue weighted by Gasteiger charge is -2.07. The minimum atomic E-state index is -0.340. The fourth-order valence-electron chi connectivity index (χ4n) is 1.58. The van der Waals surface area contributed by atoms with E-state index in [1.807, 2.05) is 6.07 Å². The molecule has 2 rings (SSSR count). The van der Waals surface area contributed by atoms with Crippen LogP contribution in [0.2, 0.25) is 5.02 Å². The summed E-state index contributed by atoms with van der Waals surface area (Å²) in [7, 11) is 0.